The third kappa shape index (κ3) is 2.19. The van der Waals surface area contributed by atoms with Crippen LogP contribution in [0.3, 0.4) is 0 Å². The molecule has 5 aliphatic rings. The molecule has 4 saturated carbocycles. The molecule has 0 heterocycles. The zero-order valence-corrected chi connectivity index (χ0v) is 18.1. The van der Waals surface area contributed by atoms with Crippen molar-refractivity contribution in [3.63, 3.8) is 0 Å². The van der Waals surface area contributed by atoms with Gasteiger partial charge in [-0.2, -0.15) is 0 Å². The van der Waals surface area contributed by atoms with Crippen molar-refractivity contribution in [2.24, 2.45) is 29.1 Å². The summed E-state index contributed by atoms with van der Waals surface area (Å²) in [6.07, 6.45) is 3.63. The van der Waals surface area contributed by atoms with Crippen LogP contribution < -0.4 is 3.80 Å². The first-order valence-electron chi connectivity index (χ1n) is 9.34. The summed E-state index contributed by atoms with van der Waals surface area (Å²) in [7, 11) is 0. The summed E-state index contributed by atoms with van der Waals surface area (Å²) in [6.45, 7) is 13.3. The first-order valence-corrected chi connectivity index (χ1v) is 16.5. The van der Waals surface area contributed by atoms with Gasteiger partial charge >= 0.3 is 148 Å². The van der Waals surface area contributed by atoms with Crippen LogP contribution in [0, 0.1) is 29.1 Å². The van der Waals surface area contributed by atoms with Crippen LogP contribution in [-0.2, 0) is 22.2 Å². The van der Waals surface area contributed by atoms with E-state index in [2.05, 4.69) is 44.6 Å². The van der Waals surface area contributed by atoms with E-state index < -0.39 is 24.0 Å². The van der Waals surface area contributed by atoms with Crippen LogP contribution in [0.1, 0.15) is 47.0 Å². The Kier molecular flexibility index (Phi) is 3.69. The van der Waals surface area contributed by atoms with Gasteiger partial charge in [0.1, 0.15) is 0 Å². The van der Waals surface area contributed by atoms with Gasteiger partial charge in [0.2, 0.25) is 0 Å². The monoisotopic (exact) mass is 364 g/mol. The SMILES string of the molecule is CC1=C(C)C(C)[C]([Ti]([NH]C(=O)C23CC4C(C2)C4C3)[SiH](C)C)=C1C. The molecule has 1 N–H and O–H groups in total. The van der Waals surface area contributed by atoms with Crippen molar-refractivity contribution in [2.45, 2.75) is 60.1 Å². The summed E-state index contributed by atoms with van der Waals surface area (Å²) >= 11 is -1.65. The normalized spacial score (nSPS) is 40.5. The van der Waals surface area contributed by atoms with E-state index in [-0.39, 0.29) is 5.41 Å². The Labute approximate surface area is 148 Å². The summed E-state index contributed by atoms with van der Waals surface area (Å²) in [5.41, 5.74) is 4.61. The van der Waals surface area contributed by atoms with E-state index in [0.717, 1.165) is 17.8 Å². The van der Waals surface area contributed by atoms with Crippen LogP contribution in [0.4, 0.5) is 0 Å². The minimum absolute atomic E-state index is 0.0648. The predicted octanol–water partition coefficient (Wildman–Crippen LogP) is 3.93. The van der Waals surface area contributed by atoms with Crippen molar-refractivity contribution < 1.29 is 22.2 Å². The van der Waals surface area contributed by atoms with Crippen LogP contribution in [0.15, 0.2) is 20.6 Å². The quantitative estimate of drug-likeness (QED) is 0.753. The molecule has 0 aliphatic heterocycles. The summed E-state index contributed by atoms with van der Waals surface area (Å²) in [5, 5.41) is 0. The molecule has 2 nitrogen and oxygen atoms in total. The third-order valence-electron chi connectivity index (χ3n) is 7.63. The standard InChI is InChI=1S/C9H13.C8H11NO.C2H7Si.Ti/c1-6-5-7(2)9(4)8(6)3;9-7(10)8-1-4-5(2-8)6(4)3-8;1-3-2;/h6H,1-4H3;4-6H,1-3H2,(H2,9,10);3H,1-2H3;/q;;;+1/p-1. The van der Waals surface area contributed by atoms with E-state index in [1.165, 1.54) is 36.0 Å². The van der Waals surface area contributed by atoms with Gasteiger partial charge in [0.15, 0.2) is 0 Å². The fourth-order valence-corrected chi connectivity index (χ4v) is 16.5. The van der Waals surface area contributed by atoms with Crippen LogP contribution in [0.2, 0.25) is 13.1 Å². The van der Waals surface area contributed by atoms with Gasteiger partial charge in [0.05, 0.1) is 0 Å². The van der Waals surface area contributed by atoms with Gasteiger partial charge in [-0.25, -0.2) is 0 Å². The Morgan fingerprint density at radius 3 is 2.00 bits per heavy atom. The molecule has 0 radical (unpaired) electrons. The topological polar surface area (TPSA) is 29.1 Å². The molecular formula is C19H30NOSiTi. The molecular weight excluding hydrogens is 334 g/mol. The molecule has 1 amide bonds. The molecule has 4 fully saturated rings. The number of hydrogen-bond acceptors (Lipinski definition) is 1. The number of carbonyl (C=O) groups is 1. The van der Waals surface area contributed by atoms with Crippen LogP contribution in [-0.4, -0.2) is 12.6 Å². The average Bonchev–Trinajstić information content (AvgIpc) is 2.96. The Morgan fingerprint density at radius 2 is 1.61 bits per heavy atom. The molecule has 0 saturated heterocycles. The van der Waals surface area contributed by atoms with Crippen molar-refractivity contribution in [1.29, 1.82) is 0 Å². The first kappa shape index (κ1) is 16.4. The molecule has 0 spiro atoms. The van der Waals surface area contributed by atoms with Gasteiger partial charge < -0.3 is 0 Å². The average molecular weight is 364 g/mol. The Hall–Kier alpha value is -0.119. The Balaban J connectivity index is 1.57. The summed E-state index contributed by atoms with van der Waals surface area (Å²) in [6, 6.07) is 0. The number of allylic oxidation sites excluding steroid dienone is 4. The van der Waals surface area contributed by atoms with E-state index in [1.807, 2.05) is 0 Å². The number of carbonyl (C=O) groups excluding carboxylic acids is 1. The fourth-order valence-electron chi connectivity index (χ4n) is 5.89. The van der Waals surface area contributed by atoms with Crippen molar-refractivity contribution >= 4 is 12.6 Å². The summed E-state index contributed by atoms with van der Waals surface area (Å²) in [5.74, 6) is 3.83. The third-order valence-corrected chi connectivity index (χ3v) is 19.0. The molecule has 5 aliphatic carbocycles. The first-order chi connectivity index (χ1) is 10.8. The number of nitrogens with one attached hydrogen (secondary N) is 1. The van der Waals surface area contributed by atoms with Gasteiger partial charge in [-0.1, -0.05) is 0 Å². The van der Waals surface area contributed by atoms with Gasteiger partial charge in [-0.3, -0.25) is 0 Å². The predicted molar refractivity (Wildman–Crippen MR) is 94.0 cm³/mol. The van der Waals surface area contributed by atoms with E-state index in [1.54, 1.807) is 3.88 Å². The second-order valence-electron chi connectivity index (χ2n) is 8.98. The van der Waals surface area contributed by atoms with Crippen LogP contribution in [0.5, 0.6) is 0 Å². The molecule has 4 heteroatoms. The number of amides is 1. The van der Waals surface area contributed by atoms with E-state index in [9.17, 15) is 4.79 Å². The summed E-state index contributed by atoms with van der Waals surface area (Å²) in [4.78, 5) is 13.2. The number of rotatable bonds is 4. The van der Waals surface area contributed by atoms with E-state index in [0.29, 0.717) is 11.8 Å². The van der Waals surface area contributed by atoms with Crippen molar-refractivity contribution in [2.75, 3.05) is 0 Å². The van der Waals surface area contributed by atoms with Crippen molar-refractivity contribution in [3.8, 4) is 0 Å². The van der Waals surface area contributed by atoms with Crippen LogP contribution >= 0.6 is 0 Å². The van der Waals surface area contributed by atoms with Gasteiger partial charge in [0, 0.05) is 0 Å². The molecule has 0 aromatic heterocycles. The Bertz CT molecular complexity index is 617. The van der Waals surface area contributed by atoms with Gasteiger partial charge in [-0.15, -0.1) is 0 Å². The number of hydrogen-bond donors (Lipinski definition) is 1. The molecule has 0 aromatic rings. The van der Waals surface area contributed by atoms with Crippen molar-refractivity contribution in [1.82, 2.24) is 3.80 Å². The molecule has 1 unspecified atom stereocenters. The molecule has 1 atom stereocenters. The zero-order valence-electron chi connectivity index (χ0n) is 15.4. The Morgan fingerprint density at radius 1 is 1.09 bits per heavy atom. The molecule has 0 aromatic carbocycles. The maximum atomic E-state index is 13.2. The molecule has 23 heavy (non-hydrogen) atoms. The van der Waals surface area contributed by atoms with Crippen LogP contribution in [0.25, 0.3) is 0 Å². The van der Waals surface area contributed by atoms with E-state index >= 15 is 0 Å². The second-order valence-corrected chi connectivity index (χ2v) is 21.6. The molecule has 4 bridgehead atoms. The van der Waals surface area contributed by atoms with E-state index in [4.69, 9.17) is 0 Å². The fraction of sp³-hybridized carbons (Fsp3) is 0.737. The summed E-state index contributed by atoms with van der Waals surface area (Å²) < 4.78 is 5.43. The minimum atomic E-state index is -1.65. The van der Waals surface area contributed by atoms with Gasteiger partial charge in [-0.05, 0) is 0 Å². The molecule has 5 rings (SSSR count). The molecule has 125 valence electrons. The maximum absolute atomic E-state index is 13.2. The van der Waals surface area contributed by atoms with Gasteiger partial charge in [0.25, 0.3) is 0 Å². The second kappa shape index (κ2) is 5.19. The van der Waals surface area contributed by atoms with Crippen molar-refractivity contribution in [3.05, 3.63) is 20.6 Å². The zero-order chi connectivity index (χ0) is 16.7.